The molecule has 11 nitrogen and oxygen atoms in total. The molecule has 0 radical (unpaired) electrons. The second kappa shape index (κ2) is 14.5. The van der Waals surface area contributed by atoms with Gasteiger partial charge in [-0.05, 0) is 139 Å². The Labute approximate surface area is 333 Å². The molecule has 6 N–H and O–H groups in total. The van der Waals surface area contributed by atoms with Crippen molar-refractivity contribution in [3.8, 4) is 0 Å². The quantitative estimate of drug-likeness (QED) is 0.113. The van der Waals surface area contributed by atoms with Gasteiger partial charge in [0.2, 0.25) is 0 Å². The number of carboxylic acids is 2. The third-order valence-electron chi connectivity index (χ3n) is 17.5. The first kappa shape index (κ1) is 41.9. The van der Waals surface area contributed by atoms with E-state index in [2.05, 4.69) is 71.9 Å². The SMILES string of the molecule is CCc1c[nH]cc1CCC12CCC(OC3OC(C(=O)O)C(O)C(O)C3O)C(C)(C)C1CCC1(C)C2CC=C2C3CC(C)(C)CC(COC)C3(C(=O)O)CCC21C. The van der Waals surface area contributed by atoms with Crippen LogP contribution in [0.5, 0.6) is 0 Å². The molecule has 1 aromatic heterocycles. The van der Waals surface area contributed by atoms with E-state index in [-0.39, 0.29) is 39.4 Å². The number of allylic oxidation sites excluding steroid dienone is 2. The summed E-state index contributed by atoms with van der Waals surface area (Å²) in [6, 6.07) is 0. The van der Waals surface area contributed by atoms with Gasteiger partial charge in [-0.1, -0.05) is 60.1 Å². The van der Waals surface area contributed by atoms with Gasteiger partial charge in [-0.3, -0.25) is 4.79 Å². The van der Waals surface area contributed by atoms with Crippen molar-refractivity contribution in [2.24, 2.45) is 56.2 Å². The van der Waals surface area contributed by atoms with Gasteiger partial charge in [0.1, 0.15) is 18.3 Å². The normalized spacial score (nSPS) is 45.4. The molecule has 5 fully saturated rings. The number of aliphatic carboxylic acids is 2. The molecular formula is C45H69NO10. The molecule has 1 saturated heterocycles. The number of ether oxygens (including phenoxy) is 3. The van der Waals surface area contributed by atoms with Gasteiger partial charge in [-0.25, -0.2) is 4.79 Å². The maximum atomic E-state index is 13.6. The highest BCUT2D eigenvalue weighted by atomic mass is 16.7. The molecule has 1 aliphatic heterocycles. The predicted molar refractivity (Wildman–Crippen MR) is 209 cm³/mol. The lowest BCUT2D eigenvalue weighted by atomic mass is 9.32. The van der Waals surface area contributed by atoms with Crippen LogP contribution in [-0.2, 0) is 36.6 Å². The average molecular weight is 784 g/mol. The van der Waals surface area contributed by atoms with Crippen LogP contribution in [0, 0.1) is 56.2 Å². The lowest BCUT2D eigenvalue weighted by Crippen LogP contribution is -2.67. The zero-order valence-corrected chi connectivity index (χ0v) is 35.0. The van der Waals surface area contributed by atoms with E-state index in [0.29, 0.717) is 25.4 Å². The molecule has 14 atom stereocenters. The fraction of sp³-hybridized carbons (Fsp3) is 0.822. The highest BCUT2D eigenvalue weighted by molar-refractivity contribution is 5.77. The van der Waals surface area contributed by atoms with E-state index in [0.717, 1.165) is 64.2 Å². The Bertz CT molecular complexity index is 1690. The third-order valence-corrected chi connectivity index (χ3v) is 17.5. The van der Waals surface area contributed by atoms with Crippen LogP contribution in [0.3, 0.4) is 0 Å². The minimum atomic E-state index is -1.77. The first-order valence-corrected chi connectivity index (χ1v) is 21.4. The molecular weight excluding hydrogens is 714 g/mol. The number of aryl methyl sites for hydroxylation is 2. The number of aromatic nitrogens is 1. The second-order valence-electron chi connectivity index (χ2n) is 20.7. The molecule has 6 aliphatic rings. The second-order valence-corrected chi connectivity index (χ2v) is 20.7. The van der Waals surface area contributed by atoms with Crippen molar-refractivity contribution >= 4 is 11.9 Å². The number of methoxy groups -OCH3 is 1. The van der Waals surface area contributed by atoms with Crippen molar-refractivity contribution in [3.05, 3.63) is 35.2 Å². The first-order valence-electron chi connectivity index (χ1n) is 21.4. The molecule has 7 rings (SSSR count). The average Bonchev–Trinajstić information content (AvgIpc) is 3.59. The number of hydrogen-bond donors (Lipinski definition) is 6. The largest absolute Gasteiger partial charge is 0.481 e. The molecule has 14 unspecified atom stereocenters. The number of aliphatic hydroxyl groups excluding tert-OH is 3. The monoisotopic (exact) mass is 783 g/mol. The lowest BCUT2D eigenvalue weighted by molar-refractivity contribution is -0.325. The summed E-state index contributed by atoms with van der Waals surface area (Å²) >= 11 is 0. The Morgan fingerprint density at radius 3 is 2.27 bits per heavy atom. The van der Waals surface area contributed by atoms with Crippen LogP contribution in [-0.4, -0.2) is 93.0 Å². The van der Waals surface area contributed by atoms with Crippen molar-refractivity contribution in [1.29, 1.82) is 0 Å². The van der Waals surface area contributed by atoms with E-state index in [1.807, 2.05) is 0 Å². The molecule has 5 aliphatic carbocycles. The number of rotatable bonds is 10. The minimum absolute atomic E-state index is 0.00721. The van der Waals surface area contributed by atoms with Gasteiger partial charge in [0, 0.05) is 19.5 Å². The Balaban J connectivity index is 1.28. The number of nitrogens with one attached hydrogen (secondary N) is 1. The summed E-state index contributed by atoms with van der Waals surface area (Å²) in [4.78, 5) is 28.9. The Hall–Kier alpha value is -2.28. The molecule has 1 aromatic rings. The minimum Gasteiger partial charge on any atom is -0.481 e. The fourth-order valence-corrected chi connectivity index (χ4v) is 14.6. The van der Waals surface area contributed by atoms with Gasteiger partial charge in [0.05, 0.1) is 18.1 Å². The summed E-state index contributed by atoms with van der Waals surface area (Å²) in [6.45, 7) is 16.8. The van der Waals surface area contributed by atoms with Gasteiger partial charge in [-0.2, -0.15) is 0 Å². The van der Waals surface area contributed by atoms with Crippen LogP contribution >= 0.6 is 0 Å². The number of H-pyrrole nitrogens is 1. The van der Waals surface area contributed by atoms with Gasteiger partial charge in [-0.15, -0.1) is 0 Å². The van der Waals surface area contributed by atoms with E-state index in [4.69, 9.17) is 14.2 Å². The molecule has 56 heavy (non-hydrogen) atoms. The van der Waals surface area contributed by atoms with E-state index >= 15 is 0 Å². The van der Waals surface area contributed by atoms with Crippen LogP contribution < -0.4 is 0 Å². The zero-order chi connectivity index (χ0) is 40.8. The van der Waals surface area contributed by atoms with E-state index in [1.165, 1.54) is 16.7 Å². The van der Waals surface area contributed by atoms with Crippen molar-refractivity contribution in [1.82, 2.24) is 4.98 Å². The topological polar surface area (TPSA) is 179 Å². The molecule has 314 valence electrons. The van der Waals surface area contributed by atoms with Crippen LogP contribution in [0.25, 0.3) is 0 Å². The van der Waals surface area contributed by atoms with Crippen LogP contribution in [0.15, 0.2) is 24.0 Å². The number of aliphatic hydroxyl groups is 3. The van der Waals surface area contributed by atoms with E-state index < -0.39 is 59.6 Å². The summed E-state index contributed by atoms with van der Waals surface area (Å²) in [5, 5.41) is 52.8. The van der Waals surface area contributed by atoms with Crippen LogP contribution in [0.4, 0.5) is 0 Å². The number of carboxylic acid groups (broad SMARTS) is 2. The third kappa shape index (κ3) is 6.10. The molecule has 0 aromatic carbocycles. The van der Waals surface area contributed by atoms with Crippen LogP contribution in [0.1, 0.15) is 124 Å². The summed E-state index contributed by atoms with van der Waals surface area (Å²) in [5.41, 5.74) is 2.47. The summed E-state index contributed by atoms with van der Waals surface area (Å²) in [6.07, 6.45) is 8.64. The van der Waals surface area contributed by atoms with Crippen molar-refractivity contribution in [2.45, 2.75) is 162 Å². The molecule has 11 heteroatoms. The molecule has 0 amide bonds. The molecule has 0 bridgehead atoms. The van der Waals surface area contributed by atoms with Crippen molar-refractivity contribution < 1.29 is 49.3 Å². The lowest BCUT2D eigenvalue weighted by Gasteiger charge is -2.72. The van der Waals surface area contributed by atoms with Gasteiger partial charge < -0.3 is 44.7 Å². The number of carbonyl (C=O) groups is 2. The van der Waals surface area contributed by atoms with Gasteiger partial charge in [0.15, 0.2) is 12.4 Å². The number of fused-ring (bicyclic) bond motifs is 7. The molecule has 4 saturated carbocycles. The molecule has 2 heterocycles. The van der Waals surface area contributed by atoms with E-state index in [9.17, 15) is 35.1 Å². The maximum Gasteiger partial charge on any atom is 0.335 e. The summed E-state index contributed by atoms with van der Waals surface area (Å²) in [5.74, 6) is -1.63. The smallest absolute Gasteiger partial charge is 0.335 e. The Kier molecular flexibility index (Phi) is 10.8. The van der Waals surface area contributed by atoms with Gasteiger partial charge >= 0.3 is 11.9 Å². The maximum absolute atomic E-state index is 13.6. The number of aromatic amines is 1. The standard InChI is InChI=1S/C45H69NO10/c1-9-25-22-46-23-26(25)12-16-44-17-14-32(55-38-35(49)33(47)34(48)36(56-38)37(50)51)41(4,5)30(44)13-15-43(7)31(44)11-10-28-29-21-40(2,3)20-27(24-54-8)45(29,39(52)53)19-18-42(28,43)6/h10,22-23,27,29-36,38,46-49H,9,11-21,24H2,1-8H3,(H,50,51)(H,52,53). The summed E-state index contributed by atoms with van der Waals surface area (Å²) in [7, 11) is 1.70. The summed E-state index contributed by atoms with van der Waals surface area (Å²) < 4.78 is 18.0. The highest BCUT2D eigenvalue weighted by Crippen LogP contribution is 2.77. The first-order chi connectivity index (χ1) is 26.2. The predicted octanol–water partition coefficient (Wildman–Crippen LogP) is 6.53. The zero-order valence-electron chi connectivity index (χ0n) is 35.0. The molecule has 0 spiro atoms. The van der Waals surface area contributed by atoms with Crippen molar-refractivity contribution in [2.75, 3.05) is 13.7 Å². The fourth-order valence-electron chi connectivity index (χ4n) is 14.6. The van der Waals surface area contributed by atoms with Gasteiger partial charge in [0.25, 0.3) is 0 Å². The Morgan fingerprint density at radius 1 is 0.893 bits per heavy atom. The van der Waals surface area contributed by atoms with Crippen LogP contribution in [0.2, 0.25) is 0 Å². The Morgan fingerprint density at radius 2 is 1.61 bits per heavy atom. The number of hydrogen-bond acceptors (Lipinski definition) is 8. The highest BCUT2D eigenvalue weighted by Gasteiger charge is 2.71. The van der Waals surface area contributed by atoms with Crippen molar-refractivity contribution in [3.63, 3.8) is 0 Å². The van der Waals surface area contributed by atoms with E-state index in [1.54, 1.807) is 7.11 Å².